The second kappa shape index (κ2) is 8.01. The van der Waals surface area contributed by atoms with Gasteiger partial charge in [-0.1, -0.05) is 0 Å². The number of carbonyl (C=O) groups is 1. The van der Waals surface area contributed by atoms with Crippen molar-refractivity contribution < 1.29 is 4.79 Å². The summed E-state index contributed by atoms with van der Waals surface area (Å²) in [5.41, 5.74) is 5.82. The van der Waals surface area contributed by atoms with E-state index in [1.165, 1.54) is 6.42 Å². The van der Waals surface area contributed by atoms with Crippen molar-refractivity contribution in [1.82, 2.24) is 14.7 Å². The maximum Gasteiger partial charge on any atom is 0.266 e. The second-order valence-corrected chi connectivity index (χ2v) is 5.67. The van der Waals surface area contributed by atoms with Crippen molar-refractivity contribution in [1.29, 1.82) is 5.26 Å². The normalized spacial score (nSPS) is 21.2. The molecule has 0 spiro atoms. The second-order valence-electron chi connectivity index (χ2n) is 5.67. The molecular formula is C15H25N5O. The number of likely N-dealkylation sites (tertiary alicyclic amines) is 1. The van der Waals surface area contributed by atoms with E-state index >= 15 is 0 Å². The third-order valence-electron chi connectivity index (χ3n) is 4.16. The van der Waals surface area contributed by atoms with Crippen molar-refractivity contribution in [3.63, 3.8) is 0 Å². The van der Waals surface area contributed by atoms with Gasteiger partial charge in [-0.2, -0.15) is 5.26 Å². The maximum absolute atomic E-state index is 12.4. The largest absolute Gasteiger partial charge is 0.376 e. The summed E-state index contributed by atoms with van der Waals surface area (Å²) in [5, 5.41) is 9.27. The van der Waals surface area contributed by atoms with Crippen molar-refractivity contribution in [3.05, 3.63) is 11.8 Å². The summed E-state index contributed by atoms with van der Waals surface area (Å²) < 4.78 is 0. The first-order valence-corrected chi connectivity index (χ1v) is 7.82. The fraction of sp³-hybridized carbons (Fsp3) is 0.733. The molecule has 6 heteroatoms. The van der Waals surface area contributed by atoms with E-state index in [0.717, 1.165) is 45.6 Å². The Kier molecular flexibility index (Phi) is 6.03. The molecule has 0 radical (unpaired) electrons. The number of nitriles is 1. The van der Waals surface area contributed by atoms with Crippen LogP contribution in [0.25, 0.3) is 0 Å². The summed E-state index contributed by atoms with van der Waals surface area (Å²) in [5.74, 6) is -0.129. The first-order valence-electron chi connectivity index (χ1n) is 7.82. The van der Waals surface area contributed by atoms with E-state index in [0.29, 0.717) is 19.6 Å². The molecule has 0 unspecified atom stereocenters. The summed E-state index contributed by atoms with van der Waals surface area (Å²) in [4.78, 5) is 18.6. The SMILES string of the molecule is N#C/C(=C/N1CCCCC1)C(=O)N1CCN(CCN)CC1. The zero-order chi connectivity index (χ0) is 15.1. The molecule has 0 bridgehead atoms. The Morgan fingerprint density at radius 1 is 1.10 bits per heavy atom. The Labute approximate surface area is 126 Å². The van der Waals surface area contributed by atoms with Crippen LogP contribution >= 0.6 is 0 Å². The Balaban J connectivity index is 1.91. The number of piperazine rings is 1. The van der Waals surface area contributed by atoms with E-state index in [4.69, 9.17) is 5.73 Å². The summed E-state index contributed by atoms with van der Waals surface area (Å²) in [7, 11) is 0. The quantitative estimate of drug-likeness (QED) is 0.582. The number of amides is 1. The Bertz CT molecular complexity index is 414. The Morgan fingerprint density at radius 3 is 2.33 bits per heavy atom. The molecule has 0 aromatic heterocycles. The Morgan fingerprint density at radius 2 is 1.76 bits per heavy atom. The molecule has 2 saturated heterocycles. The number of hydrogen-bond donors (Lipinski definition) is 1. The molecule has 0 atom stereocenters. The molecule has 2 heterocycles. The molecule has 2 aliphatic heterocycles. The van der Waals surface area contributed by atoms with Crippen LogP contribution in [0.1, 0.15) is 19.3 Å². The van der Waals surface area contributed by atoms with Gasteiger partial charge in [0.05, 0.1) is 0 Å². The van der Waals surface area contributed by atoms with Gasteiger partial charge >= 0.3 is 0 Å². The monoisotopic (exact) mass is 291 g/mol. The highest BCUT2D eigenvalue weighted by Crippen LogP contribution is 2.12. The predicted molar refractivity (Wildman–Crippen MR) is 81.2 cm³/mol. The number of nitrogens with zero attached hydrogens (tertiary/aromatic N) is 4. The molecule has 116 valence electrons. The fourth-order valence-corrected chi connectivity index (χ4v) is 2.89. The average Bonchev–Trinajstić information content (AvgIpc) is 2.54. The van der Waals surface area contributed by atoms with E-state index in [1.807, 2.05) is 0 Å². The topological polar surface area (TPSA) is 76.6 Å². The van der Waals surface area contributed by atoms with Crippen molar-refractivity contribution in [2.45, 2.75) is 19.3 Å². The predicted octanol–water partition coefficient (Wildman–Crippen LogP) is -0.0173. The zero-order valence-corrected chi connectivity index (χ0v) is 12.6. The lowest BCUT2D eigenvalue weighted by atomic mass is 10.1. The first kappa shape index (κ1) is 15.8. The molecule has 2 N–H and O–H groups in total. The summed E-state index contributed by atoms with van der Waals surface area (Å²) >= 11 is 0. The number of piperidine rings is 1. The number of carbonyl (C=O) groups excluding carboxylic acids is 1. The molecule has 2 rings (SSSR count). The van der Waals surface area contributed by atoms with E-state index < -0.39 is 0 Å². The van der Waals surface area contributed by atoms with Crippen LogP contribution in [0.2, 0.25) is 0 Å². The van der Waals surface area contributed by atoms with Crippen molar-refractivity contribution in [3.8, 4) is 6.07 Å². The van der Waals surface area contributed by atoms with E-state index in [9.17, 15) is 10.1 Å². The standard InChI is InChI=1S/C15H25N5O/c16-4-7-18-8-10-20(11-9-18)15(21)14(12-17)13-19-5-2-1-3-6-19/h13H,1-11,16H2/b14-13-. The van der Waals surface area contributed by atoms with Crippen LogP contribution < -0.4 is 5.73 Å². The van der Waals surface area contributed by atoms with Crippen molar-refractivity contribution in [2.24, 2.45) is 5.73 Å². The van der Waals surface area contributed by atoms with Gasteiger partial charge in [-0.3, -0.25) is 9.69 Å². The van der Waals surface area contributed by atoms with Crippen molar-refractivity contribution in [2.75, 3.05) is 52.4 Å². The van der Waals surface area contributed by atoms with E-state index in [2.05, 4.69) is 15.9 Å². The van der Waals surface area contributed by atoms with Gasteiger partial charge in [-0.05, 0) is 19.3 Å². The third kappa shape index (κ3) is 4.45. The minimum absolute atomic E-state index is 0.129. The number of hydrogen-bond acceptors (Lipinski definition) is 5. The minimum atomic E-state index is -0.129. The summed E-state index contributed by atoms with van der Waals surface area (Å²) in [6, 6.07) is 2.08. The molecule has 0 aliphatic carbocycles. The third-order valence-corrected chi connectivity index (χ3v) is 4.16. The molecule has 1 amide bonds. The highest BCUT2D eigenvalue weighted by molar-refractivity contribution is 5.97. The first-order chi connectivity index (χ1) is 10.2. The van der Waals surface area contributed by atoms with Gasteiger partial charge in [0.15, 0.2) is 0 Å². The van der Waals surface area contributed by atoms with Crippen LogP contribution in [-0.2, 0) is 4.79 Å². The van der Waals surface area contributed by atoms with Gasteiger partial charge in [0.1, 0.15) is 11.6 Å². The molecule has 2 aliphatic rings. The lowest BCUT2D eigenvalue weighted by Gasteiger charge is -2.34. The average molecular weight is 291 g/mol. The molecule has 0 aromatic carbocycles. The molecule has 2 fully saturated rings. The van der Waals surface area contributed by atoms with Crippen LogP contribution in [-0.4, -0.2) is 73.0 Å². The molecular weight excluding hydrogens is 266 g/mol. The summed E-state index contributed by atoms with van der Waals surface area (Å²) in [6.45, 7) is 6.45. The van der Waals surface area contributed by atoms with E-state index in [1.54, 1.807) is 11.1 Å². The van der Waals surface area contributed by atoms with Gasteiger partial charge in [0, 0.05) is 58.6 Å². The van der Waals surface area contributed by atoms with Gasteiger partial charge in [0.25, 0.3) is 5.91 Å². The lowest BCUT2D eigenvalue weighted by Crippen LogP contribution is -2.50. The van der Waals surface area contributed by atoms with Gasteiger partial charge in [-0.25, -0.2) is 0 Å². The van der Waals surface area contributed by atoms with Crippen LogP contribution in [0.3, 0.4) is 0 Å². The van der Waals surface area contributed by atoms with Crippen LogP contribution in [0, 0.1) is 11.3 Å². The van der Waals surface area contributed by atoms with Crippen molar-refractivity contribution >= 4 is 5.91 Å². The van der Waals surface area contributed by atoms with Crippen LogP contribution in [0.15, 0.2) is 11.8 Å². The van der Waals surface area contributed by atoms with Gasteiger partial charge < -0.3 is 15.5 Å². The van der Waals surface area contributed by atoms with Gasteiger partial charge in [-0.15, -0.1) is 0 Å². The summed E-state index contributed by atoms with van der Waals surface area (Å²) in [6.07, 6.45) is 5.28. The number of nitrogens with two attached hydrogens (primary N) is 1. The lowest BCUT2D eigenvalue weighted by molar-refractivity contribution is -0.128. The van der Waals surface area contributed by atoms with Crippen LogP contribution in [0.5, 0.6) is 0 Å². The molecule has 6 nitrogen and oxygen atoms in total. The van der Waals surface area contributed by atoms with E-state index in [-0.39, 0.29) is 11.5 Å². The molecule has 0 aromatic rings. The molecule has 21 heavy (non-hydrogen) atoms. The van der Waals surface area contributed by atoms with Crippen LogP contribution in [0.4, 0.5) is 0 Å². The Hall–Kier alpha value is -1.58. The maximum atomic E-state index is 12.4. The highest BCUT2D eigenvalue weighted by atomic mass is 16.2. The smallest absolute Gasteiger partial charge is 0.266 e. The van der Waals surface area contributed by atoms with Gasteiger partial charge in [0.2, 0.25) is 0 Å². The zero-order valence-electron chi connectivity index (χ0n) is 12.6. The number of rotatable bonds is 4. The highest BCUT2D eigenvalue weighted by Gasteiger charge is 2.24. The fourth-order valence-electron chi connectivity index (χ4n) is 2.89. The molecule has 0 saturated carbocycles. The minimum Gasteiger partial charge on any atom is -0.376 e.